The van der Waals surface area contributed by atoms with Gasteiger partial charge >= 0.3 is 5.97 Å². The number of carbonyl (C=O) groups is 2. The number of Topliss-reactive ketones (excluding diaryl/α,β-unsaturated/α-hetero) is 1. The van der Waals surface area contributed by atoms with Crippen LogP contribution in [0.3, 0.4) is 0 Å². The number of hydrogen-bond donors (Lipinski definition) is 1. The van der Waals surface area contributed by atoms with Crippen LogP contribution >= 0.6 is 0 Å². The van der Waals surface area contributed by atoms with E-state index < -0.39 is 11.4 Å². The Morgan fingerprint density at radius 3 is 2.24 bits per heavy atom. The van der Waals surface area contributed by atoms with Gasteiger partial charge in [0.05, 0.1) is 5.41 Å². The van der Waals surface area contributed by atoms with Gasteiger partial charge in [0.15, 0.2) is 0 Å². The van der Waals surface area contributed by atoms with E-state index in [1.165, 1.54) is 19.3 Å². The Hall–Kier alpha value is -1.12. The SMILES string of the molecule is CC1(C)C(=O)CC[C@@]2(C)C1CC[C@]1(C)C2CC=C2[C@@H]3C[C@](C)(C(=O)O)CC[C@]3(C)CCC21C. The zero-order valence-corrected chi connectivity index (χ0v) is 22.1. The van der Waals surface area contributed by atoms with Crippen molar-refractivity contribution in [1.29, 1.82) is 0 Å². The molecular weight excluding hydrogens is 408 g/mol. The summed E-state index contributed by atoms with van der Waals surface area (Å²) in [6.07, 6.45) is 12.9. The summed E-state index contributed by atoms with van der Waals surface area (Å²) < 4.78 is 0. The Kier molecular flexibility index (Phi) is 4.83. The van der Waals surface area contributed by atoms with E-state index in [0.717, 1.165) is 44.9 Å². The normalized spacial score (nSPS) is 53.1. The van der Waals surface area contributed by atoms with E-state index in [9.17, 15) is 14.7 Å². The van der Waals surface area contributed by atoms with E-state index in [2.05, 4.69) is 47.6 Å². The predicted octanol–water partition coefficient (Wildman–Crippen LogP) is 7.44. The first-order valence-electron chi connectivity index (χ1n) is 13.6. The lowest BCUT2D eigenvalue weighted by Gasteiger charge is -2.70. The molecule has 33 heavy (non-hydrogen) atoms. The van der Waals surface area contributed by atoms with Gasteiger partial charge in [-0.3, -0.25) is 9.59 Å². The highest BCUT2D eigenvalue weighted by Gasteiger charge is 2.68. The molecule has 0 aromatic carbocycles. The summed E-state index contributed by atoms with van der Waals surface area (Å²) in [4.78, 5) is 25.1. The van der Waals surface area contributed by atoms with Crippen LogP contribution in [0.4, 0.5) is 0 Å². The minimum absolute atomic E-state index is 0.135. The van der Waals surface area contributed by atoms with Crippen LogP contribution in [0.5, 0.6) is 0 Å². The van der Waals surface area contributed by atoms with E-state index >= 15 is 0 Å². The Balaban J connectivity index is 1.58. The molecule has 5 aliphatic carbocycles. The molecule has 1 N–H and O–H groups in total. The lowest BCUT2D eigenvalue weighted by molar-refractivity contribution is -0.185. The first-order chi connectivity index (χ1) is 15.1. The van der Waals surface area contributed by atoms with Crippen molar-refractivity contribution in [2.45, 2.75) is 113 Å². The van der Waals surface area contributed by atoms with E-state index in [0.29, 0.717) is 23.5 Å². The molecule has 0 heterocycles. The quantitative estimate of drug-likeness (QED) is 0.419. The maximum Gasteiger partial charge on any atom is 0.309 e. The zero-order chi connectivity index (χ0) is 24.2. The standard InChI is InChI=1S/C30H46O3/c1-25(2)21-10-13-30(7)22(28(21,5)12-11-23(25)31)9-8-19-20-18-27(4,24(32)33)15-14-26(20,3)16-17-29(19,30)6/h8,20-22H,9-18H2,1-7H3,(H,32,33)/t20-,21?,22?,26+,27+,28-,29?,30+/m0/s1. The largest absolute Gasteiger partial charge is 0.481 e. The number of ketones is 1. The van der Waals surface area contributed by atoms with Gasteiger partial charge < -0.3 is 5.11 Å². The van der Waals surface area contributed by atoms with Crippen molar-refractivity contribution in [2.75, 3.05) is 0 Å². The van der Waals surface area contributed by atoms with Crippen molar-refractivity contribution < 1.29 is 14.7 Å². The van der Waals surface area contributed by atoms with Gasteiger partial charge in [-0.1, -0.05) is 53.2 Å². The molecule has 0 amide bonds. The maximum absolute atomic E-state index is 12.9. The van der Waals surface area contributed by atoms with Crippen molar-refractivity contribution >= 4 is 11.8 Å². The van der Waals surface area contributed by atoms with Gasteiger partial charge in [0.2, 0.25) is 0 Å². The van der Waals surface area contributed by atoms with Crippen molar-refractivity contribution in [2.24, 2.45) is 50.2 Å². The van der Waals surface area contributed by atoms with E-state index in [1.54, 1.807) is 5.57 Å². The molecular formula is C30H46O3. The molecule has 3 nitrogen and oxygen atoms in total. The number of allylic oxidation sites excluding steroid dienone is 2. The molecule has 184 valence electrons. The fourth-order valence-corrected chi connectivity index (χ4v) is 10.3. The summed E-state index contributed by atoms with van der Waals surface area (Å²) in [6.45, 7) is 16.5. The second-order valence-electron chi connectivity index (χ2n) is 14.7. The number of rotatable bonds is 1. The number of carboxylic acids is 1. The first kappa shape index (κ1) is 23.6. The summed E-state index contributed by atoms with van der Waals surface area (Å²) in [6, 6.07) is 0. The van der Waals surface area contributed by atoms with Gasteiger partial charge in [-0.15, -0.1) is 0 Å². The van der Waals surface area contributed by atoms with Gasteiger partial charge in [0, 0.05) is 11.8 Å². The molecule has 0 aromatic heterocycles. The lowest BCUT2D eigenvalue weighted by atomic mass is 9.33. The minimum Gasteiger partial charge on any atom is -0.481 e. The van der Waals surface area contributed by atoms with Crippen molar-refractivity contribution in [3.8, 4) is 0 Å². The molecule has 3 heteroatoms. The smallest absolute Gasteiger partial charge is 0.309 e. The number of carboxylic acid groups (broad SMARTS) is 1. The average Bonchev–Trinajstić information content (AvgIpc) is 2.73. The van der Waals surface area contributed by atoms with E-state index in [1.807, 2.05) is 6.92 Å². The predicted molar refractivity (Wildman–Crippen MR) is 132 cm³/mol. The Morgan fingerprint density at radius 1 is 0.909 bits per heavy atom. The molecule has 0 saturated heterocycles. The Bertz CT molecular complexity index is 931. The second-order valence-corrected chi connectivity index (χ2v) is 14.7. The van der Waals surface area contributed by atoms with E-state index in [4.69, 9.17) is 0 Å². The summed E-state index contributed by atoms with van der Waals surface area (Å²) in [5.74, 6) is 1.32. The van der Waals surface area contributed by atoms with Crippen LogP contribution in [0.2, 0.25) is 0 Å². The van der Waals surface area contributed by atoms with Gasteiger partial charge in [-0.25, -0.2) is 0 Å². The molecule has 0 bridgehead atoms. The fourth-order valence-electron chi connectivity index (χ4n) is 10.3. The molecule has 4 fully saturated rings. The molecule has 0 radical (unpaired) electrons. The molecule has 3 unspecified atom stereocenters. The fraction of sp³-hybridized carbons (Fsp3) is 0.867. The van der Waals surface area contributed by atoms with E-state index in [-0.39, 0.29) is 27.1 Å². The van der Waals surface area contributed by atoms with Crippen LogP contribution in [0.15, 0.2) is 11.6 Å². The molecule has 0 aliphatic heterocycles. The highest BCUT2D eigenvalue weighted by Crippen LogP contribution is 2.75. The van der Waals surface area contributed by atoms with Crippen LogP contribution in [0, 0.1) is 50.2 Å². The van der Waals surface area contributed by atoms with Crippen molar-refractivity contribution in [3.63, 3.8) is 0 Å². The third-order valence-corrected chi connectivity index (χ3v) is 13.1. The number of carbonyl (C=O) groups excluding carboxylic acids is 1. The average molecular weight is 455 g/mol. The topological polar surface area (TPSA) is 54.4 Å². The van der Waals surface area contributed by atoms with Crippen LogP contribution in [-0.4, -0.2) is 16.9 Å². The van der Waals surface area contributed by atoms with Crippen molar-refractivity contribution in [3.05, 3.63) is 11.6 Å². The van der Waals surface area contributed by atoms with Crippen LogP contribution in [-0.2, 0) is 9.59 Å². The van der Waals surface area contributed by atoms with Gasteiger partial charge in [0.1, 0.15) is 5.78 Å². The zero-order valence-electron chi connectivity index (χ0n) is 22.1. The molecule has 0 spiro atoms. The maximum atomic E-state index is 12.9. The highest BCUT2D eigenvalue weighted by atomic mass is 16.4. The van der Waals surface area contributed by atoms with Gasteiger partial charge in [-0.05, 0) is 104 Å². The van der Waals surface area contributed by atoms with Crippen LogP contribution in [0.1, 0.15) is 113 Å². The van der Waals surface area contributed by atoms with Gasteiger partial charge in [-0.2, -0.15) is 0 Å². The first-order valence-corrected chi connectivity index (χ1v) is 13.6. The molecule has 5 aliphatic rings. The number of fused-ring (bicyclic) bond motifs is 7. The monoisotopic (exact) mass is 454 g/mol. The Morgan fingerprint density at radius 2 is 1.58 bits per heavy atom. The third kappa shape index (κ3) is 2.80. The van der Waals surface area contributed by atoms with Crippen LogP contribution in [0.25, 0.3) is 0 Å². The van der Waals surface area contributed by atoms with Crippen molar-refractivity contribution in [1.82, 2.24) is 0 Å². The van der Waals surface area contributed by atoms with Gasteiger partial charge in [0.25, 0.3) is 0 Å². The number of aliphatic carboxylic acids is 1. The molecule has 0 aromatic rings. The summed E-state index contributed by atoms with van der Waals surface area (Å²) in [7, 11) is 0. The Labute approximate surface area is 201 Å². The third-order valence-electron chi connectivity index (χ3n) is 13.1. The van der Waals surface area contributed by atoms with Crippen LogP contribution < -0.4 is 0 Å². The minimum atomic E-state index is -0.612. The molecule has 8 atom stereocenters. The molecule has 4 saturated carbocycles. The second kappa shape index (κ2) is 6.76. The summed E-state index contributed by atoms with van der Waals surface area (Å²) in [5, 5.41) is 10.1. The summed E-state index contributed by atoms with van der Waals surface area (Å²) in [5.41, 5.74) is 1.60. The summed E-state index contributed by atoms with van der Waals surface area (Å²) >= 11 is 0. The highest BCUT2D eigenvalue weighted by molar-refractivity contribution is 5.85. The molecule has 5 rings (SSSR count). The lowest BCUT2D eigenvalue weighted by Crippen LogP contribution is -2.64. The number of hydrogen-bond acceptors (Lipinski definition) is 2.